The van der Waals surface area contributed by atoms with Crippen LogP contribution in [0.3, 0.4) is 0 Å². The molecule has 2 unspecified atom stereocenters. The van der Waals surface area contributed by atoms with Gasteiger partial charge in [-0.3, -0.25) is 0 Å². The molecule has 1 rings (SSSR count). The predicted octanol–water partition coefficient (Wildman–Crippen LogP) is 4.74. The highest BCUT2D eigenvalue weighted by molar-refractivity contribution is 5.21. The van der Waals surface area contributed by atoms with Gasteiger partial charge < -0.3 is 5.32 Å². The van der Waals surface area contributed by atoms with Crippen LogP contribution in [-0.2, 0) is 0 Å². The summed E-state index contributed by atoms with van der Waals surface area (Å²) in [5.74, 6) is 0.657. The third-order valence-corrected chi connectivity index (χ3v) is 3.68. The lowest BCUT2D eigenvalue weighted by Crippen LogP contribution is -2.35. The molecule has 0 aliphatic heterocycles. The minimum Gasteiger partial charge on any atom is -0.313 e. The normalized spacial score (nSPS) is 14.4. The van der Waals surface area contributed by atoms with Crippen LogP contribution < -0.4 is 5.32 Å². The van der Waals surface area contributed by atoms with Crippen molar-refractivity contribution in [2.24, 2.45) is 0 Å². The van der Waals surface area contributed by atoms with E-state index in [1.54, 1.807) is 0 Å². The highest BCUT2D eigenvalue weighted by atomic mass is 14.9. The largest absolute Gasteiger partial charge is 0.313 e. The van der Waals surface area contributed by atoms with Crippen molar-refractivity contribution in [1.29, 1.82) is 0 Å². The third kappa shape index (κ3) is 4.81. The van der Waals surface area contributed by atoms with Crippen LogP contribution in [0.1, 0.15) is 64.4 Å². The van der Waals surface area contributed by atoms with Crippen LogP contribution in [0.5, 0.6) is 0 Å². The molecule has 18 heavy (non-hydrogen) atoms. The summed E-state index contributed by atoms with van der Waals surface area (Å²) >= 11 is 0. The lowest BCUT2D eigenvalue weighted by atomic mass is 9.86. The fourth-order valence-electron chi connectivity index (χ4n) is 2.65. The molecule has 0 saturated carbocycles. The van der Waals surface area contributed by atoms with Crippen LogP contribution in [0.25, 0.3) is 0 Å². The smallest absolute Gasteiger partial charge is 0.0136 e. The van der Waals surface area contributed by atoms with Gasteiger partial charge >= 0.3 is 0 Å². The Morgan fingerprint density at radius 1 is 1.00 bits per heavy atom. The van der Waals surface area contributed by atoms with E-state index in [0.717, 1.165) is 6.54 Å². The Bertz CT molecular complexity index is 286. The zero-order valence-corrected chi connectivity index (χ0v) is 12.3. The average Bonchev–Trinajstić information content (AvgIpc) is 2.43. The molecule has 0 aromatic heterocycles. The molecular weight excluding hydrogens is 218 g/mol. The maximum Gasteiger partial charge on any atom is 0.0136 e. The Morgan fingerprint density at radius 3 is 2.28 bits per heavy atom. The molecule has 0 aliphatic carbocycles. The van der Waals surface area contributed by atoms with Crippen molar-refractivity contribution in [3.63, 3.8) is 0 Å². The number of hydrogen-bond acceptors (Lipinski definition) is 1. The van der Waals surface area contributed by atoms with Crippen LogP contribution in [0.15, 0.2) is 30.3 Å². The van der Waals surface area contributed by atoms with E-state index >= 15 is 0 Å². The first-order chi connectivity index (χ1) is 8.83. The lowest BCUT2D eigenvalue weighted by molar-refractivity contribution is 0.389. The van der Waals surface area contributed by atoms with Gasteiger partial charge in [0.1, 0.15) is 0 Å². The molecule has 0 saturated heterocycles. The topological polar surface area (TPSA) is 12.0 Å². The van der Waals surface area contributed by atoms with Gasteiger partial charge in [0, 0.05) is 6.04 Å². The summed E-state index contributed by atoms with van der Waals surface area (Å²) in [6.07, 6.45) is 6.34. The first-order valence-electron chi connectivity index (χ1n) is 7.61. The Morgan fingerprint density at radius 2 is 1.72 bits per heavy atom. The van der Waals surface area contributed by atoms with Crippen molar-refractivity contribution in [3.05, 3.63) is 35.9 Å². The summed E-state index contributed by atoms with van der Waals surface area (Å²) in [5, 5.41) is 3.75. The summed E-state index contributed by atoms with van der Waals surface area (Å²) in [6, 6.07) is 11.6. The van der Waals surface area contributed by atoms with Gasteiger partial charge in [0.05, 0.1) is 0 Å². The number of nitrogens with one attached hydrogen (secondary N) is 1. The van der Waals surface area contributed by atoms with Gasteiger partial charge in [-0.25, -0.2) is 0 Å². The molecule has 1 aromatic carbocycles. The molecule has 0 amide bonds. The fourth-order valence-corrected chi connectivity index (χ4v) is 2.65. The van der Waals surface area contributed by atoms with Gasteiger partial charge in [-0.2, -0.15) is 0 Å². The molecule has 2 atom stereocenters. The summed E-state index contributed by atoms with van der Waals surface area (Å²) in [5.41, 5.74) is 1.49. The maximum absolute atomic E-state index is 3.75. The van der Waals surface area contributed by atoms with Gasteiger partial charge in [-0.15, -0.1) is 0 Å². The first kappa shape index (κ1) is 15.2. The minimum absolute atomic E-state index is 0.636. The molecule has 0 aliphatic rings. The number of hydrogen-bond donors (Lipinski definition) is 1. The van der Waals surface area contributed by atoms with E-state index in [-0.39, 0.29) is 0 Å². The molecule has 0 spiro atoms. The van der Waals surface area contributed by atoms with Crippen molar-refractivity contribution < 1.29 is 0 Å². The van der Waals surface area contributed by atoms with Crippen molar-refractivity contribution in [2.75, 3.05) is 6.54 Å². The molecule has 0 bridgehead atoms. The monoisotopic (exact) mass is 247 g/mol. The van der Waals surface area contributed by atoms with Gasteiger partial charge in [-0.05, 0) is 37.3 Å². The van der Waals surface area contributed by atoms with E-state index in [0.29, 0.717) is 12.0 Å². The highest BCUT2D eigenvalue weighted by Crippen LogP contribution is 2.26. The first-order valence-corrected chi connectivity index (χ1v) is 7.61. The van der Waals surface area contributed by atoms with Crippen LogP contribution in [-0.4, -0.2) is 12.6 Å². The molecule has 1 heteroatoms. The van der Waals surface area contributed by atoms with Crippen molar-refractivity contribution in [2.45, 2.75) is 64.8 Å². The van der Waals surface area contributed by atoms with Gasteiger partial charge in [0.25, 0.3) is 0 Å². The third-order valence-electron chi connectivity index (χ3n) is 3.68. The summed E-state index contributed by atoms with van der Waals surface area (Å²) < 4.78 is 0. The van der Waals surface area contributed by atoms with Gasteiger partial charge in [0.15, 0.2) is 0 Å². The molecule has 102 valence electrons. The Balaban J connectivity index is 2.72. The molecule has 1 aromatic rings. The van der Waals surface area contributed by atoms with Crippen molar-refractivity contribution in [3.8, 4) is 0 Å². The Kier molecular flexibility index (Phi) is 7.75. The van der Waals surface area contributed by atoms with Crippen LogP contribution in [0.4, 0.5) is 0 Å². The molecule has 1 nitrogen and oxygen atoms in total. The second kappa shape index (κ2) is 9.16. The van der Waals surface area contributed by atoms with Crippen LogP contribution >= 0.6 is 0 Å². The quantitative estimate of drug-likeness (QED) is 0.664. The Hall–Kier alpha value is -0.820. The van der Waals surface area contributed by atoms with E-state index in [1.807, 2.05) is 0 Å². The van der Waals surface area contributed by atoms with Gasteiger partial charge in [-0.1, -0.05) is 63.9 Å². The number of benzene rings is 1. The number of unbranched alkanes of at least 4 members (excludes halogenated alkanes) is 1. The zero-order valence-electron chi connectivity index (χ0n) is 12.3. The van der Waals surface area contributed by atoms with E-state index in [4.69, 9.17) is 0 Å². The van der Waals surface area contributed by atoms with Crippen LogP contribution in [0, 0.1) is 0 Å². The predicted molar refractivity (Wildman–Crippen MR) is 81.1 cm³/mol. The number of rotatable bonds is 9. The summed E-state index contributed by atoms with van der Waals surface area (Å²) in [4.78, 5) is 0. The Labute approximate surface area is 113 Å². The SMILES string of the molecule is CCCCC(NCCC)C(CC)c1ccccc1. The minimum atomic E-state index is 0.636. The van der Waals surface area contributed by atoms with E-state index in [1.165, 1.54) is 37.7 Å². The zero-order chi connectivity index (χ0) is 13.2. The van der Waals surface area contributed by atoms with E-state index < -0.39 is 0 Å². The highest BCUT2D eigenvalue weighted by Gasteiger charge is 2.20. The summed E-state index contributed by atoms with van der Waals surface area (Å²) in [6.45, 7) is 7.97. The average molecular weight is 247 g/mol. The molecular formula is C17H29N. The fraction of sp³-hybridized carbons (Fsp3) is 0.647. The molecule has 0 heterocycles. The second-order valence-corrected chi connectivity index (χ2v) is 5.13. The molecule has 1 N–H and O–H groups in total. The van der Waals surface area contributed by atoms with Crippen molar-refractivity contribution >= 4 is 0 Å². The van der Waals surface area contributed by atoms with E-state index in [9.17, 15) is 0 Å². The van der Waals surface area contributed by atoms with Gasteiger partial charge in [0.2, 0.25) is 0 Å². The van der Waals surface area contributed by atoms with Crippen molar-refractivity contribution in [1.82, 2.24) is 5.32 Å². The molecule has 0 fully saturated rings. The van der Waals surface area contributed by atoms with E-state index in [2.05, 4.69) is 56.4 Å². The standard InChI is InChI=1S/C17H29N/c1-4-7-13-17(18-14-5-2)16(6-3)15-11-9-8-10-12-15/h8-12,16-18H,4-7,13-14H2,1-3H3. The second-order valence-electron chi connectivity index (χ2n) is 5.13. The summed E-state index contributed by atoms with van der Waals surface area (Å²) in [7, 11) is 0. The maximum atomic E-state index is 3.75. The van der Waals surface area contributed by atoms with Crippen LogP contribution in [0.2, 0.25) is 0 Å². The molecule has 0 radical (unpaired) electrons. The lowest BCUT2D eigenvalue weighted by Gasteiger charge is -2.28.